The van der Waals surface area contributed by atoms with Gasteiger partial charge in [0.15, 0.2) is 0 Å². The summed E-state index contributed by atoms with van der Waals surface area (Å²) in [6.07, 6.45) is 7.00. The number of pyridine rings is 2. The molecule has 5 N–H and O–H groups in total. The summed E-state index contributed by atoms with van der Waals surface area (Å²) in [6.45, 7) is 0. The quantitative estimate of drug-likeness (QED) is 0.502. The second kappa shape index (κ2) is 7.29. The van der Waals surface area contributed by atoms with Crippen molar-refractivity contribution in [3.8, 4) is 0 Å². The molecule has 0 aliphatic heterocycles. The molecule has 8 nitrogen and oxygen atoms in total. The van der Waals surface area contributed by atoms with Crippen LogP contribution >= 0.6 is 23.2 Å². The number of nitrogens with zero attached hydrogens (tertiary/aromatic N) is 4. The second-order valence-electron chi connectivity index (χ2n) is 4.86. The van der Waals surface area contributed by atoms with Crippen LogP contribution in [0.2, 0.25) is 10.0 Å². The number of halogens is 2. The van der Waals surface area contributed by atoms with Gasteiger partial charge in [-0.1, -0.05) is 23.2 Å². The van der Waals surface area contributed by atoms with Crippen LogP contribution in [0.1, 0.15) is 5.56 Å². The van der Waals surface area contributed by atoms with Crippen molar-refractivity contribution in [3.63, 3.8) is 0 Å². The Hall–Kier alpha value is -2.97. The van der Waals surface area contributed by atoms with Crippen LogP contribution in [0.4, 0.5) is 28.8 Å². The third-order valence-corrected chi connectivity index (χ3v) is 3.72. The Balaban J connectivity index is 1.94. The molecule has 0 aromatic carbocycles. The van der Waals surface area contributed by atoms with Crippen molar-refractivity contribution in [3.05, 3.63) is 52.7 Å². The zero-order chi connectivity index (χ0) is 17.8. The molecule has 0 amide bonds. The van der Waals surface area contributed by atoms with Crippen molar-refractivity contribution in [2.45, 2.75) is 0 Å². The summed E-state index contributed by atoms with van der Waals surface area (Å²) in [5, 5.41) is 14.4. The van der Waals surface area contributed by atoms with Gasteiger partial charge in [0.05, 0.1) is 21.4 Å². The second-order valence-corrected chi connectivity index (χ2v) is 5.67. The molecule has 0 bridgehead atoms. The third-order valence-electron chi connectivity index (χ3n) is 3.15. The van der Waals surface area contributed by atoms with Crippen LogP contribution in [0.25, 0.3) is 0 Å². The Bertz CT molecular complexity index is 911. The van der Waals surface area contributed by atoms with E-state index in [1.165, 1.54) is 31.1 Å². The van der Waals surface area contributed by atoms with Crippen LogP contribution in [0.15, 0.2) is 37.1 Å². The molecule has 0 saturated carbocycles. The topological polar surface area (TPSA) is 125 Å². The third kappa shape index (κ3) is 3.93. The molecule has 3 aromatic heterocycles. The van der Waals surface area contributed by atoms with E-state index < -0.39 is 0 Å². The van der Waals surface area contributed by atoms with Gasteiger partial charge < -0.3 is 21.8 Å². The van der Waals surface area contributed by atoms with E-state index in [9.17, 15) is 0 Å². The number of rotatable bonds is 5. The molecular weight excluding hydrogens is 363 g/mol. The Morgan fingerprint density at radius 1 is 0.960 bits per heavy atom. The van der Waals surface area contributed by atoms with E-state index in [-0.39, 0.29) is 0 Å². The van der Waals surface area contributed by atoms with Gasteiger partial charge in [-0.3, -0.25) is 4.98 Å². The van der Waals surface area contributed by atoms with Crippen LogP contribution in [0.5, 0.6) is 0 Å². The Morgan fingerprint density at radius 2 is 1.68 bits per heavy atom. The average molecular weight is 375 g/mol. The maximum absolute atomic E-state index is 7.54. The molecule has 0 saturated heterocycles. The molecule has 3 rings (SSSR count). The van der Waals surface area contributed by atoms with Gasteiger partial charge in [0, 0.05) is 42.5 Å². The van der Waals surface area contributed by atoms with E-state index >= 15 is 0 Å². The first-order valence-electron chi connectivity index (χ1n) is 6.98. The predicted octanol–water partition coefficient (Wildman–Crippen LogP) is 3.64. The maximum Gasteiger partial charge on any atom is 0.137 e. The monoisotopic (exact) mass is 374 g/mol. The summed E-state index contributed by atoms with van der Waals surface area (Å²) < 4.78 is 0. The van der Waals surface area contributed by atoms with Crippen LogP contribution in [-0.2, 0) is 0 Å². The molecule has 0 aliphatic rings. The number of nitrogens with two attached hydrogens (primary N) is 1. The van der Waals surface area contributed by atoms with E-state index in [1.807, 2.05) is 0 Å². The first-order valence-corrected chi connectivity index (χ1v) is 7.73. The van der Waals surface area contributed by atoms with E-state index in [4.69, 9.17) is 34.3 Å². The van der Waals surface area contributed by atoms with Gasteiger partial charge in [-0.05, 0) is 0 Å². The molecule has 126 valence electrons. The Labute approximate surface area is 153 Å². The average Bonchev–Trinajstić information content (AvgIpc) is 2.58. The molecule has 3 aromatic rings. The number of nitrogen functional groups attached to an aromatic ring is 1. The van der Waals surface area contributed by atoms with Crippen molar-refractivity contribution < 1.29 is 0 Å². The number of hydrogen-bond donors (Lipinski definition) is 4. The maximum atomic E-state index is 7.54. The highest BCUT2D eigenvalue weighted by atomic mass is 35.5. The van der Waals surface area contributed by atoms with Crippen LogP contribution in [-0.4, -0.2) is 26.2 Å². The smallest absolute Gasteiger partial charge is 0.137 e. The fourth-order valence-corrected chi connectivity index (χ4v) is 2.45. The molecule has 0 unspecified atom stereocenters. The molecule has 25 heavy (non-hydrogen) atoms. The summed E-state index contributed by atoms with van der Waals surface area (Å²) >= 11 is 12.3. The normalized spacial score (nSPS) is 10.3. The van der Waals surface area contributed by atoms with Gasteiger partial charge >= 0.3 is 0 Å². The largest absolute Gasteiger partial charge is 0.384 e. The zero-order valence-corrected chi connectivity index (χ0v) is 14.2. The molecule has 0 radical (unpaired) electrons. The molecule has 0 spiro atoms. The predicted molar refractivity (Wildman–Crippen MR) is 99.4 cm³/mol. The van der Waals surface area contributed by atoms with Crippen molar-refractivity contribution in [1.29, 1.82) is 5.41 Å². The van der Waals surface area contributed by atoms with Crippen LogP contribution in [0.3, 0.4) is 0 Å². The number of anilines is 5. The Kier molecular flexibility index (Phi) is 4.92. The molecular formula is C15H12Cl2N8. The van der Waals surface area contributed by atoms with Gasteiger partial charge in [0.2, 0.25) is 0 Å². The van der Waals surface area contributed by atoms with E-state index in [2.05, 4.69) is 30.6 Å². The Morgan fingerprint density at radius 3 is 2.36 bits per heavy atom. The first kappa shape index (κ1) is 16.9. The molecule has 3 heterocycles. The van der Waals surface area contributed by atoms with Crippen molar-refractivity contribution in [2.24, 2.45) is 0 Å². The lowest BCUT2D eigenvalue weighted by Gasteiger charge is -2.13. The van der Waals surface area contributed by atoms with Crippen molar-refractivity contribution >= 4 is 58.2 Å². The van der Waals surface area contributed by atoms with E-state index in [0.29, 0.717) is 44.4 Å². The highest BCUT2D eigenvalue weighted by Gasteiger charge is 2.10. The summed E-state index contributed by atoms with van der Waals surface area (Å²) in [5.74, 6) is 1.32. The summed E-state index contributed by atoms with van der Waals surface area (Å²) in [6, 6.07) is 3.28. The van der Waals surface area contributed by atoms with Gasteiger partial charge in [-0.15, -0.1) is 0 Å². The minimum Gasteiger partial charge on any atom is -0.384 e. The highest BCUT2D eigenvalue weighted by molar-refractivity contribution is 6.39. The van der Waals surface area contributed by atoms with Gasteiger partial charge in [0.25, 0.3) is 0 Å². The van der Waals surface area contributed by atoms with Crippen molar-refractivity contribution in [1.82, 2.24) is 19.9 Å². The fraction of sp³-hybridized carbons (Fsp3) is 0. The van der Waals surface area contributed by atoms with Gasteiger partial charge in [-0.25, -0.2) is 15.0 Å². The lowest BCUT2D eigenvalue weighted by molar-refractivity contribution is 1.16. The fourth-order valence-electron chi connectivity index (χ4n) is 1.99. The first-order chi connectivity index (χ1) is 12.1. The minimum absolute atomic E-state index is 0.335. The van der Waals surface area contributed by atoms with Crippen LogP contribution < -0.4 is 16.4 Å². The number of aromatic nitrogens is 4. The van der Waals surface area contributed by atoms with Crippen molar-refractivity contribution in [2.75, 3.05) is 16.4 Å². The van der Waals surface area contributed by atoms with E-state index in [0.717, 1.165) is 0 Å². The summed E-state index contributed by atoms with van der Waals surface area (Å²) in [7, 11) is 0. The lowest BCUT2D eigenvalue weighted by Crippen LogP contribution is -2.02. The SMILES string of the molecule is N=Cc1cnc(Nc2cc(N)ncn2)cc1Nc1c(Cl)cncc1Cl. The summed E-state index contributed by atoms with van der Waals surface area (Å²) in [4.78, 5) is 16.0. The number of nitrogens with one attached hydrogen (secondary N) is 3. The highest BCUT2D eigenvalue weighted by Crippen LogP contribution is 2.33. The van der Waals surface area contributed by atoms with Crippen LogP contribution in [0, 0.1) is 5.41 Å². The van der Waals surface area contributed by atoms with E-state index in [1.54, 1.807) is 12.1 Å². The van der Waals surface area contributed by atoms with Gasteiger partial charge in [0.1, 0.15) is 23.8 Å². The number of hydrogen-bond acceptors (Lipinski definition) is 8. The van der Waals surface area contributed by atoms with Gasteiger partial charge in [-0.2, -0.15) is 0 Å². The summed E-state index contributed by atoms with van der Waals surface area (Å²) in [5.41, 5.74) is 7.26. The molecule has 0 aliphatic carbocycles. The molecule has 0 fully saturated rings. The molecule has 10 heteroatoms. The minimum atomic E-state index is 0.335. The lowest BCUT2D eigenvalue weighted by atomic mass is 10.2. The zero-order valence-electron chi connectivity index (χ0n) is 12.7. The molecule has 0 atom stereocenters. The standard InChI is InChI=1S/C15H12Cl2N8/c16-9-5-20-6-10(17)15(9)24-11-1-13(21-4-8(11)3-18)25-14-2-12(19)22-7-23-14/h1-7,18H,(H4,19,20,21,22,23,24,25).